The third kappa shape index (κ3) is 3.60. The second kappa shape index (κ2) is 7.25. The lowest BCUT2D eigenvalue weighted by Gasteiger charge is -2.28. The van der Waals surface area contributed by atoms with E-state index in [-0.39, 0.29) is 24.0 Å². The van der Waals surface area contributed by atoms with Gasteiger partial charge in [-0.2, -0.15) is 4.98 Å². The molecule has 7 nitrogen and oxygen atoms in total. The normalized spacial score (nSPS) is 20.0. The van der Waals surface area contributed by atoms with Crippen LogP contribution in [-0.4, -0.2) is 41.0 Å². The first-order chi connectivity index (χ1) is 12.4. The number of nitrogens with one attached hydrogen (secondary N) is 2. The molecule has 0 spiro atoms. The zero-order valence-corrected chi connectivity index (χ0v) is 14.8. The van der Waals surface area contributed by atoms with E-state index >= 15 is 0 Å². The maximum absolute atomic E-state index is 14.2. The molecule has 0 amide bonds. The van der Waals surface area contributed by atoms with E-state index in [0.717, 1.165) is 11.1 Å². The quantitative estimate of drug-likeness (QED) is 0.490. The number of alkyl halides is 1. The van der Waals surface area contributed by atoms with Crippen molar-refractivity contribution in [2.45, 2.75) is 32.5 Å². The van der Waals surface area contributed by atoms with Crippen molar-refractivity contribution in [3.63, 3.8) is 0 Å². The van der Waals surface area contributed by atoms with Crippen LogP contribution >= 0.6 is 0 Å². The highest BCUT2D eigenvalue weighted by Gasteiger charge is 2.29. The number of rotatable bonds is 4. The standard InChI is InChI=1S/C18H23FN6O/c1-9-7-11(21)3-4-12(9)17-24-16(22)15(10(2)20)18(25-17)26-14-5-6-23-8-13(14)19/h3-4,7,13-14,20,23H,5-6,8,21H2,1-2H3,(H2,22,24,25). The van der Waals surface area contributed by atoms with Crippen LogP contribution in [0.25, 0.3) is 11.4 Å². The number of aromatic nitrogens is 2. The Morgan fingerprint density at radius 2 is 2.12 bits per heavy atom. The van der Waals surface area contributed by atoms with Crippen LogP contribution in [0.15, 0.2) is 18.2 Å². The van der Waals surface area contributed by atoms with Crippen molar-refractivity contribution in [1.82, 2.24) is 15.3 Å². The molecule has 6 N–H and O–H groups in total. The molecular formula is C18H23FN6O. The Hall–Kier alpha value is -2.74. The van der Waals surface area contributed by atoms with Gasteiger partial charge in [-0.1, -0.05) is 0 Å². The van der Waals surface area contributed by atoms with Crippen LogP contribution in [0, 0.1) is 12.3 Å². The lowest BCUT2D eigenvalue weighted by molar-refractivity contribution is 0.0692. The summed E-state index contributed by atoms with van der Waals surface area (Å²) in [7, 11) is 0. The van der Waals surface area contributed by atoms with Gasteiger partial charge in [0.2, 0.25) is 5.88 Å². The molecule has 2 unspecified atom stereocenters. The Bertz CT molecular complexity index is 841. The maximum Gasteiger partial charge on any atom is 0.228 e. The van der Waals surface area contributed by atoms with Gasteiger partial charge in [0.05, 0.1) is 5.56 Å². The highest BCUT2D eigenvalue weighted by molar-refractivity contribution is 6.02. The minimum Gasteiger partial charge on any atom is -0.471 e. The molecule has 2 heterocycles. The Kier molecular flexibility index (Phi) is 5.03. The monoisotopic (exact) mass is 358 g/mol. The van der Waals surface area contributed by atoms with Crippen LogP contribution in [0.1, 0.15) is 24.5 Å². The molecule has 2 atom stereocenters. The topological polar surface area (TPSA) is 123 Å². The van der Waals surface area contributed by atoms with Gasteiger partial charge in [0.1, 0.15) is 18.1 Å². The predicted molar refractivity (Wildman–Crippen MR) is 100 cm³/mol. The van der Waals surface area contributed by atoms with E-state index in [9.17, 15) is 4.39 Å². The van der Waals surface area contributed by atoms with Gasteiger partial charge in [-0.3, -0.25) is 0 Å². The molecule has 1 saturated heterocycles. The van der Waals surface area contributed by atoms with Gasteiger partial charge in [0.15, 0.2) is 5.82 Å². The van der Waals surface area contributed by atoms with Crippen molar-refractivity contribution >= 4 is 17.2 Å². The summed E-state index contributed by atoms with van der Waals surface area (Å²) in [6, 6.07) is 5.38. The first-order valence-corrected chi connectivity index (χ1v) is 8.47. The Balaban J connectivity index is 2.05. The van der Waals surface area contributed by atoms with E-state index < -0.39 is 12.3 Å². The molecular weight excluding hydrogens is 335 g/mol. The molecule has 2 aromatic rings. The third-order valence-electron chi connectivity index (χ3n) is 4.38. The smallest absolute Gasteiger partial charge is 0.228 e. The summed E-state index contributed by atoms with van der Waals surface area (Å²) >= 11 is 0. The number of aryl methyl sites for hydroxylation is 1. The number of hydrogen-bond acceptors (Lipinski definition) is 7. The number of halogens is 1. The second-order valence-corrected chi connectivity index (χ2v) is 6.48. The second-order valence-electron chi connectivity index (χ2n) is 6.48. The lowest BCUT2D eigenvalue weighted by Crippen LogP contribution is -2.44. The first kappa shape index (κ1) is 18.1. The molecule has 138 valence electrons. The number of piperidine rings is 1. The Labute approximate surface area is 151 Å². The zero-order chi connectivity index (χ0) is 18.8. The first-order valence-electron chi connectivity index (χ1n) is 8.47. The van der Waals surface area contributed by atoms with E-state index in [1.54, 1.807) is 13.0 Å². The van der Waals surface area contributed by atoms with E-state index in [1.165, 1.54) is 0 Å². The summed E-state index contributed by atoms with van der Waals surface area (Å²) in [6.45, 7) is 4.36. The van der Waals surface area contributed by atoms with Gasteiger partial charge in [-0.15, -0.1) is 0 Å². The lowest BCUT2D eigenvalue weighted by atomic mass is 10.1. The molecule has 0 saturated carbocycles. The van der Waals surface area contributed by atoms with Gasteiger partial charge < -0.3 is 26.9 Å². The highest BCUT2D eigenvalue weighted by atomic mass is 19.1. The third-order valence-corrected chi connectivity index (χ3v) is 4.38. The fourth-order valence-electron chi connectivity index (χ4n) is 3.03. The van der Waals surface area contributed by atoms with E-state index in [4.69, 9.17) is 21.6 Å². The van der Waals surface area contributed by atoms with Crippen LogP contribution in [0.4, 0.5) is 15.9 Å². The number of nitrogen functional groups attached to an aromatic ring is 2. The Morgan fingerprint density at radius 1 is 1.35 bits per heavy atom. The summed E-state index contributed by atoms with van der Waals surface area (Å²) < 4.78 is 20.0. The van der Waals surface area contributed by atoms with E-state index in [1.807, 2.05) is 19.1 Å². The van der Waals surface area contributed by atoms with Gasteiger partial charge >= 0.3 is 0 Å². The van der Waals surface area contributed by atoms with Crippen molar-refractivity contribution in [3.05, 3.63) is 29.3 Å². The van der Waals surface area contributed by atoms with Crippen molar-refractivity contribution in [2.24, 2.45) is 0 Å². The number of nitrogens with zero attached hydrogens (tertiary/aromatic N) is 2. The predicted octanol–water partition coefficient (Wildman–Crippen LogP) is 2.08. The summed E-state index contributed by atoms with van der Waals surface area (Å²) in [5, 5.41) is 10.9. The number of hydrogen-bond donors (Lipinski definition) is 4. The molecule has 1 aliphatic heterocycles. The summed E-state index contributed by atoms with van der Waals surface area (Å²) in [4.78, 5) is 8.79. The van der Waals surface area contributed by atoms with Crippen LogP contribution in [-0.2, 0) is 0 Å². The van der Waals surface area contributed by atoms with Crippen molar-refractivity contribution in [1.29, 1.82) is 5.41 Å². The van der Waals surface area contributed by atoms with E-state index in [2.05, 4.69) is 15.3 Å². The maximum atomic E-state index is 14.2. The molecule has 26 heavy (non-hydrogen) atoms. The molecule has 0 bridgehead atoms. The summed E-state index contributed by atoms with van der Waals surface area (Å²) in [5.41, 5.74) is 14.6. The number of nitrogens with two attached hydrogens (primary N) is 2. The number of benzene rings is 1. The Morgan fingerprint density at radius 3 is 2.77 bits per heavy atom. The van der Waals surface area contributed by atoms with Crippen LogP contribution in [0.2, 0.25) is 0 Å². The van der Waals surface area contributed by atoms with Gasteiger partial charge in [-0.25, -0.2) is 9.37 Å². The van der Waals surface area contributed by atoms with Gasteiger partial charge in [0.25, 0.3) is 0 Å². The van der Waals surface area contributed by atoms with Crippen molar-refractivity contribution in [2.75, 3.05) is 24.6 Å². The fraction of sp³-hybridized carbons (Fsp3) is 0.389. The fourth-order valence-corrected chi connectivity index (χ4v) is 3.03. The molecule has 0 radical (unpaired) electrons. The minimum absolute atomic E-state index is 0.137. The number of anilines is 2. The summed E-state index contributed by atoms with van der Waals surface area (Å²) in [6.07, 6.45) is -1.28. The molecule has 0 aliphatic carbocycles. The van der Waals surface area contributed by atoms with E-state index in [0.29, 0.717) is 30.0 Å². The molecule has 1 aromatic heterocycles. The zero-order valence-electron chi connectivity index (χ0n) is 14.8. The molecule has 3 rings (SSSR count). The average molecular weight is 358 g/mol. The SMILES string of the molecule is CC(=N)c1c(N)nc(-c2ccc(N)cc2C)nc1OC1CCNCC1F. The number of ether oxygens (including phenoxy) is 1. The molecule has 8 heteroatoms. The van der Waals surface area contributed by atoms with Crippen molar-refractivity contribution < 1.29 is 9.13 Å². The van der Waals surface area contributed by atoms with Crippen LogP contribution in [0.5, 0.6) is 5.88 Å². The molecule has 1 aromatic carbocycles. The minimum atomic E-state index is -1.15. The molecule has 1 fully saturated rings. The average Bonchev–Trinajstić information content (AvgIpc) is 2.56. The van der Waals surface area contributed by atoms with Crippen LogP contribution < -0.4 is 21.5 Å². The van der Waals surface area contributed by atoms with Crippen LogP contribution in [0.3, 0.4) is 0 Å². The highest BCUT2D eigenvalue weighted by Crippen LogP contribution is 2.30. The largest absolute Gasteiger partial charge is 0.471 e. The van der Waals surface area contributed by atoms with Crippen molar-refractivity contribution in [3.8, 4) is 17.3 Å². The molecule has 1 aliphatic rings. The van der Waals surface area contributed by atoms with Gasteiger partial charge in [-0.05, 0) is 50.6 Å². The summed E-state index contributed by atoms with van der Waals surface area (Å²) in [5.74, 6) is 0.646. The van der Waals surface area contributed by atoms with Gasteiger partial charge in [0, 0.05) is 23.5 Å².